The lowest BCUT2D eigenvalue weighted by Crippen LogP contribution is -2.23. The van der Waals surface area contributed by atoms with Crippen molar-refractivity contribution in [2.75, 3.05) is 0 Å². The van der Waals surface area contributed by atoms with E-state index in [0.717, 1.165) is 6.07 Å². The molecular weight excluding hydrogens is 282 g/mol. The number of rotatable bonds is 5. The van der Waals surface area contributed by atoms with E-state index in [1.54, 1.807) is 6.07 Å². The quantitative estimate of drug-likeness (QED) is 0.624. The molecule has 0 aliphatic carbocycles. The molecule has 21 heavy (non-hydrogen) atoms. The van der Waals surface area contributed by atoms with Gasteiger partial charge in [-0.3, -0.25) is 14.9 Å². The lowest BCUT2D eigenvalue weighted by molar-refractivity contribution is -0.384. The van der Waals surface area contributed by atoms with Gasteiger partial charge in [0.15, 0.2) is 5.69 Å². The first kappa shape index (κ1) is 14.2. The highest BCUT2D eigenvalue weighted by molar-refractivity contribution is 5.94. The van der Waals surface area contributed by atoms with Gasteiger partial charge in [0.25, 0.3) is 11.6 Å². The molecular formula is C12H9N3O6. The van der Waals surface area contributed by atoms with Gasteiger partial charge in [-0.2, -0.15) is 0 Å². The van der Waals surface area contributed by atoms with Crippen LogP contribution >= 0.6 is 0 Å². The summed E-state index contributed by atoms with van der Waals surface area (Å²) in [4.78, 5) is 32.4. The minimum absolute atomic E-state index is 0.0375. The lowest BCUT2D eigenvalue weighted by Gasteiger charge is -2.02. The molecule has 0 saturated carbocycles. The normalized spacial score (nSPS) is 10.1. The van der Waals surface area contributed by atoms with Crippen molar-refractivity contribution in [3.05, 3.63) is 57.5 Å². The van der Waals surface area contributed by atoms with Crippen LogP contribution < -0.4 is 5.32 Å². The summed E-state index contributed by atoms with van der Waals surface area (Å²) in [5.41, 5.74) is 0.258. The molecule has 108 valence electrons. The number of aromatic carboxylic acids is 1. The molecule has 0 fully saturated rings. The van der Waals surface area contributed by atoms with Crippen LogP contribution in [-0.2, 0) is 6.54 Å². The number of aromatic nitrogens is 1. The van der Waals surface area contributed by atoms with Crippen molar-refractivity contribution in [1.29, 1.82) is 0 Å². The maximum absolute atomic E-state index is 11.7. The fourth-order valence-corrected chi connectivity index (χ4v) is 1.54. The average molecular weight is 291 g/mol. The first-order valence-electron chi connectivity index (χ1n) is 5.69. The highest BCUT2D eigenvalue weighted by Gasteiger charge is 2.16. The number of amides is 1. The van der Waals surface area contributed by atoms with Crippen LogP contribution in [0.4, 0.5) is 5.69 Å². The fourth-order valence-electron chi connectivity index (χ4n) is 1.54. The van der Waals surface area contributed by atoms with Crippen LogP contribution in [0.25, 0.3) is 0 Å². The van der Waals surface area contributed by atoms with Crippen molar-refractivity contribution in [2.45, 2.75) is 6.54 Å². The Kier molecular flexibility index (Phi) is 3.93. The number of carbonyl (C=O) groups is 2. The van der Waals surface area contributed by atoms with Crippen LogP contribution in [0.5, 0.6) is 0 Å². The van der Waals surface area contributed by atoms with E-state index in [2.05, 4.69) is 15.0 Å². The second kappa shape index (κ2) is 5.82. The zero-order valence-electron chi connectivity index (χ0n) is 10.5. The smallest absolute Gasteiger partial charge is 0.374 e. The van der Waals surface area contributed by atoms with Crippen LogP contribution in [0.1, 0.15) is 26.6 Å². The van der Waals surface area contributed by atoms with Gasteiger partial charge in [-0.15, -0.1) is 0 Å². The third-order valence-electron chi connectivity index (χ3n) is 2.53. The van der Waals surface area contributed by atoms with Crippen LogP contribution in [0, 0.1) is 10.1 Å². The Balaban J connectivity index is 2.02. The van der Waals surface area contributed by atoms with Gasteiger partial charge in [0.05, 0.1) is 4.92 Å². The van der Waals surface area contributed by atoms with Gasteiger partial charge in [-0.05, 0) is 5.56 Å². The SMILES string of the molecule is O=C(NCc1cccc([N+](=O)[O-])c1)c1cc(C(=O)O)on1. The maximum Gasteiger partial charge on any atom is 0.374 e. The average Bonchev–Trinajstić information content (AvgIpc) is 2.95. The second-order valence-electron chi connectivity index (χ2n) is 3.99. The molecule has 9 heteroatoms. The number of carboxylic acids is 1. The highest BCUT2D eigenvalue weighted by atomic mass is 16.6. The fraction of sp³-hybridized carbons (Fsp3) is 0.0833. The van der Waals surface area contributed by atoms with Gasteiger partial charge in [-0.25, -0.2) is 4.79 Å². The highest BCUT2D eigenvalue weighted by Crippen LogP contribution is 2.13. The van der Waals surface area contributed by atoms with Gasteiger partial charge in [0, 0.05) is 24.7 Å². The minimum atomic E-state index is -1.33. The van der Waals surface area contributed by atoms with Gasteiger partial charge in [0.2, 0.25) is 5.76 Å². The number of carbonyl (C=O) groups excluding carboxylic acids is 1. The molecule has 0 aliphatic rings. The molecule has 0 unspecified atom stereocenters. The summed E-state index contributed by atoms with van der Waals surface area (Å²) in [6.07, 6.45) is 0. The Morgan fingerprint density at radius 3 is 2.76 bits per heavy atom. The van der Waals surface area contributed by atoms with Crippen LogP contribution in [0.15, 0.2) is 34.9 Å². The molecule has 0 aliphatic heterocycles. The standard InChI is InChI=1S/C12H9N3O6/c16-11(9-5-10(12(17)18)21-14-9)13-6-7-2-1-3-8(4-7)15(19)20/h1-5H,6H2,(H,13,16)(H,17,18). The molecule has 0 radical (unpaired) electrons. The van der Waals surface area contributed by atoms with E-state index >= 15 is 0 Å². The number of non-ortho nitro benzene ring substituents is 1. The van der Waals surface area contributed by atoms with E-state index in [1.807, 2.05) is 0 Å². The summed E-state index contributed by atoms with van der Waals surface area (Å²) in [7, 11) is 0. The maximum atomic E-state index is 11.7. The zero-order chi connectivity index (χ0) is 15.4. The van der Waals surface area contributed by atoms with Crippen molar-refractivity contribution in [2.24, 2.45) is 0 Å². The first-order valence-corrected chi connectivity index (χ1v) is 5.69. The third kappa shape index (κ3) is 3.41. The summed E-state index contributed by atoms with van der Waals surface area (Å²) in [5.74, 6) is -2.42. The van der Waals surface area contributed by atoms with E-state index in [4.69, 9.17) is 5.11 Å². The Labute approximate surface area is 117 Å². The van der Waals surface area contributed by atoms with Gasteiger partial charge < -0.3 is 14.9 Å². The number of nitrogens with zero attached hydrogens (tertiary/aromatic N) is 2. The molecule has 2 rings (SSSR count). The summed E-state index contributed by atoms with van der Waals surface area (Å²) in [6.45, 7) is 0.0375. The van der Waals surface area contributed by atoms with Crippen molar-refractivity contribution in [3.63, 3.8) is 0 Å². The van der Waals surface area contributed by atoms with E-state index in [9.17, 15) is 19.7 Å². The molecule has 0 bridgehead atoms. The van der Waals surface area contributed by atoms with Gasteiger partial charge >= 0.3 is 5.97 Å². The number of hydrogen-bond acceptors (Lipinski definition) is 6. The molecule has 0 spiro atoms. The number of nitro groups is 1. The predicted octanol–water partition coefficient (Wildman–Crippen LogP) is 1.21. The Morgan fingerprint density at radius 2 is 2.14 bits per heavy atom. The van der Waals surface area contributed by atoms with E-state index in [1.165, 1.54) is 18.2 Å². The summed E-state index contributed by atoms with van der Waals surface area (Å²) < 4.78 is 4.45. The van der Waals surface area contributed by atoms with E-state index in [0.29, 0.717) is 5.56 Å². The predicted molar refractivity (Wildman–Crippen MR) is 67.7 cm³/mol. The van der Waals surface area contributed by atoms with Crippen molar-refractivity contribution in [3.8, 4) is 0 Å². The number of hydrogen-bond donors (Lipinski definition) is 2. The summed E-state index contributed by atoms with van der Waals surface area (Å²) in [5, 5.41) is 25.0. The molecule has 1 aromatic heterocycles. The van der Waals surface area contributed by atoms with Crippen LogP contribution in [0.2, 0.25) is 0 Å². The van der Waals surface area contributed by atoms with Crippen LogP contribution in [0.3, 0.4) is 0 Å². The Hall–Kier alpha value is -3.23. The van der Waals surface area contributed by atoms with E-state index < -0.39 is 22.6 Å². The minimum Gasteiger partial charge on any atom is -0.475 e. The molecule has 1 aromatic carbocycles. The molecule has 1 amide bonds. The third-order valence-corrected chi connectivity index (χ3v) is 2.53. The Bertz CT molecular complexity index is 709. The molecule has 1 heterocycles. The topological polar surface area (TPSA) is 136 Å². The second-order valence-corrected chi connectivity index (χ2v) is 3.99. The van der Waals surface area contributed by atoms with Crippen molar-refractivity contribution < 1.29 is 24.1 Å². The zero-order valence-corrected chi connectivity index (χ0v) is 10.5. The van der Waals surface area contributed by atoms with E-state index in [-0.39, 0.29) is 17.9 Å². The van der Waals surface area contributed by atoms with Crippen molar-refractivity contribution in [1.82, 2.24) is 10.5 Å². The molecule has 0 saturated heterocycles. The molecule has 2 N–H and O–H groups in total. The molecule has 9 nitrogen and oxygen atoms in total. The Morgan fingerprint density at radius 1 is 1.38 bits per heavy atom. The monoisotopic (exact) mass is 291 g/mol. The number of carboxylic acid groups (broad SMARTS) is 1. The largest absolute Gasteiger partial charge is 0.475 e. The first-order chi connectivity index (χ1) is 9.97. The number of nitro benzene ring substituents is 1. The lowest BCUT2D eigenvalue weighted by atomic mass is 10.2. The number of benzene rings is 1. The van der Waals surface area contributed by atoms with Gasteiger partial charge in [-0.1, -0.05) is 17.3 Å². The van der Waals surface area contributed by atoms with Crippen molar-refractivity contribution >= 4 is 17.6 Å². The molecule has 2 aromatic rings. The summed E-state index contributed by atoms with van der Waals surface area (Å²) >= 11 is 0. The molecule has 0 atom stereocenters. The summed E-state index contributed by atoms with van der Waals surface area (Å²) in [6, 6.07) is 6.76. The van der Waals surface area contributed by atoms with Crippen LogP contribution in [-0.4, -0.2) is 27.1 Å². The van der Waals surface area contributed by atoms with Gasteiger partial charge in [0.1, 0.15) is 0 Å². The number of nitrogens with one attached hydrogen (secondary N) is 1.